The highest BCUT2D eigenvalue weighted by molar-refractivity contribution is 8.00. The summed E-state index contributed by atoms with van der Waals surface area (Å²) in [5.41, 5.74) is 1.41. The van der Waals surface area contributed by atoms with Crippen molar-refractivity contribution in [1.82, 2.24) is 10.2 Å². The lowest BCUT2D eigenvalue weighted by atomic mass is 9.82. The Morgan fingerprint density at radius 2 is 1.91 bits per heavy atom. The molecule has 1 saturated heterocycles. The zero-order chi connectivity index (χ0) is 15.4. The van der Waals surface area contributed by atoms with Gasteiger partial charge in [0.2, 0.25) is 11.8 Å². The lowest BCUT2D eigenvalue weighted by molar-refractivity contribution is -0.132. The van der Waals surface area contributed by atoms with E-state index in [0.29, 0.717) is 17.5 Å². The van der Waals surface area contributed by atoms with Crippen molar-refractivity contribution in [2.24, 2.45) is 0 Å². The number of nitrogens with one attached hydrogen (secondary N) is 1. The van der Waals surface area contributed by atoms with E-state index in [1.807, 2.05) is 6.07 Å². The monoisotopic (exact) mass is 318 g/mol. The summed E-state index contributed by atoms with van der Waals surface area (Å²) in [6.45, 7) is 0.213. The minimum Gasteiger partial charge on any atom is -0.352 e. The van der Waals surface area contributed by atoms with Gasteiger partial charge in [-0.15, -0.1) is 11.8 Å². The second-order valence-corrected chi connectivity index (χ2v) is 7.05. The summed E-state index contributed by atoms with van der Waals surface area (Å²) in [4.78, 5) is 25.2. The Kier molecular flexibility index (Phi) is 5.03. The average Bonchev–Trinajstić information content (AvgIpc) is 2.94. The maximum absolute atomic E-state index is 12.1. The molecule has 3 rings (SSSR count). The van der Waals surface area contributed by atoms with Crippen LogP contribution in [0.5, 0.6) is 0 Å². The molecule has 0 atom stereocenters. The third-order valence-electron chi connectivity index (χ3n) is 4.52. The van der Waals surface area contributed by atoms with Crippen molar-refractivity contribution < 1.29 is 9.59 Å². The Labute approximate surface area is 135 Å². The maximum Gasteiger partial charge on any atom is 0.239 e. The van der Waals surface area contributed by atoms with Gasteiger partial charge in [0.25, 0.3) is 0 Å². The fourth-order valence-electron chi connectivity index (χ4n) is 3.28. The molecule has 0 aromatic heterocycles. The van der Waals surface area contributed by atoms with E-state index in [1.54, 1.807) is 16.7 Å². The first-order valence-electron chi connectivity index (χ1n) is 7.92. The third kappa shape index (κ3) is 3.83. The number of rotatable bonds is 4. The first-order chi connectivity index (χ1) is 10.7. The molecule has 1 aromatic carbocycles. The molecule has 22 heavy (non-hydrogen) atoms. The highest BCUT2D eigenvalue weighted by atomic mass is 32.2. The van der Waals surface area contributed by atoms with Crippen molar-refractivity contribution in [3.05, 3.63) is 35.9 Å². The van der Waals surface area contributed by atoms with Gasteiger partial charge in [-0.2, -0.15) is 0 Å². The number of hydrogen-bond acceptors (Lipinski definition) is 3. The second kappa shape index (κ2) is 7.18. The van der Waals surface area contributed by atoms with Crippen LogP contribution in [0.25, 0.3) is 0 Å². The standard InChI is InChI=1S/C17H22N2O2S/c20-16(10-19-12-22-11-17(19)21)18-15-8-6-14(7-9-15)13-4-2-1-3-5-13/h1-5,14-15H,6-12H2,(H,18,20). The lowest BCUT2D eigenvalue weighted by Gasteiger charge is -2.29. The second-order valence-electron chi connectivity index (χ2n) is 6.10. The fraction of sp³-hybridized carbons (Fsp3) is 0.529. The van der Waals surface area contributed by atoms with Gasteiger partial charge in [0.15, 0.2) is 0 Å². The molecule has 1 N–H and O–H groups in total. The van der Waals surface area contributed by atoms with Crippen molar-refractivity contribution in [2.45, 2.75) is 37.6 Å². The SMILES string of the molecule is O=C(CN1CSCC1=O)NC1CCC(c2ccccc2)CC1. The normalized spacial score (nSPS) is 25.3. The number of nitrogens with zero attached hydrogens (tertiary/aromatic N) is 1. The van der Waals surface area contributed by atoms with Gasteiger partial charge < -0.3 is 10.2 Å². The molecule has 0 unspecified atom stereocenters. The Morgan fingerprint density at radius 3 is 2.55 bits per heavy atom. The summed E-state index contributed by atoms with van der Waals surface area (Å²) in [7, 11) is 0. The minimum absolute atomic E-state index is 0.0148. The predicted octanol–water partition coefficient (Wildman–Crippen LogP) is 2.36. The molecule has 1 aliphatic carbocycles. The summed E-state index contributed by atoms with van der Waals surface area (Å²) < 4.78 is 0. The van der Waals surface area contributed by atoms with Crippen molar-refractivity contribution in [2.75, 3.05) is 18.2 Å². The topological polar surface area (TPSA) is 49.4 Å². The summed E-state index contributed by atoms with van der Waals surface area (Å²) >= 11 is 1.57. The van der Waals surface area contributed by atoms with E-state index in [4.69, 9.17) is 0 Å². The molecular weight excluding hydrogens is 296 g/mol. The zero-order valence-corrected chi connectivity index (χ0v) is 13.5. The van der Waals surface area contributed by atoms with Crippen molar-refractivity contribution >= 4 is 23.6 Å². The van der Waals surface area contributed by atoms with E-state index < -0.39 is 0 Å². The number of benzene rings is 1. The molecule has 2 amide bonds. The molecule has 5 heteroatoms. The number of amides is 2. The van der Waals surface area contributed by atoms with Gasteiger partial charge in [-0.05, 0) is 37.2 Å². The molecule has 118 valence electrons. The van der Waals surface area contributed by atoms with Crippen LogP contribution in [0, 0.1) is 0 Å². The Bertz CT molecular complexity index is 527. The Morgan fingerprint density at radius 1 is 1.18 bits per heavy atom. The molecule has 0 bridgehead atoms. The highest BCUT2D eigenvalue weighted by Gasteiger charge is 2.26. The van der Waals surface area contributed by atoms with E-state index in [0.717, 1.165) is 25.7 Å². The summed E-state index contributed by atoms with van der Waals surface area (Å²) in [6.07, 6.45) is 4.28. The molecule has 1 aliphatic heterocycles. The van der Waals surface area contributed by atoms with Gasteiger partial charge in [0.1, 0.15) is 6.54 Å². The third-order valence-corrected chi connectivity index (χ3v) is 5.47. The quantitative estimate of drug-likeness (QED) is 0.927. The van der Waals surface area contributed by atoms with Crippen molar-refractivity contribution in [1.29, 1.82) is 0 Å². The van der Waals surface area contributed by atoms with E-state index in [-0.39, 0.29) is 24.4 Å². The molecule has 2 aliphatic rings. The van der Waals surface area contributed by atoms with E-state index in [9.17, 15) is 9.59 Å². The van der Waals surface area contributed by atoms with Gasteiger partial charge >= 0.3 is 0 Å². The summed E-state index contributed by atoms with van der Waals surface area (Å²) in [6, 6.07) is 10.9. The van der Waals surface area contributed by atoms with E-state index >= 15 is 0 Å². The summed E-state index contributed by atoms with van der Waals surface area (Å²) in [5, 5.41) is 3.10. The molecule has 0 spiro atoms. The summed E-state index contributed by atoms with van der Waals surface area (Å²) in [5.74, 6) is 1.83. The van der Waals surface area contributed by atoms with Crippen LogP contribution in [0.4, 0.5) is 0 Å². The van der Waals surface area contributed by atoms with Crippen LogP contribution in [0.15, 0.2) is 30.3 Å². The number of hydrogen-bond donors (Lipinski definition) is 1. The van der Waals surface area contributed by atoms with Gasteiger partial charge in [-0.3, -0.25) is 9.59 Å². The van der Waals surface area contributed by atoms with E-state index in [1.165, 1.54) is 5.56 Å². The molecule has 4 nitrogen and oxygen atoms in total. The molecule has 1 aromatic rings. The van der Waals surface area contributed by atoms with Gasteiger partial charge in [-0.25, -0.2) is 0 Å². The average molecular weight is 318 g/mol. The number of thioether (sulfide) groups is 1. The molecule has 0 radical (unpaired) electrons. The largest absolute Gasteiger partial charge is 0.352 e. The van der Waals surface area contributed by atoms with Gasteiger partial charge in [0.05, 0.1) is 11.6 Å². The van der Waals surface area contributed by atoms with Crippen LogP contribution in [-0.2, 0) is 9.59 Å². The fourth-order valence-corrected chi connectivity index (χ4v) is 4.19. The Hall–Kier alpha value is -1.49. The van der Waals surface area contributed by atoms with Gasteiger partial charge in [0, 0.05) is 6.04 Å². The first kappa shape index (κ1) is 15.4. The molecule has 1 saturated carbocycles. The Balaban J connectivity index is 1.44. The van der Waals surface area contributed by atoms with Crippen LogP contribution in [0.1, 0.15) is 37.2 Å². The number of carbonyl (C=O) groups excluding carboxylic acids is 2. The lowest BCUT2D eigenvalue weighted by Crippen LogP contribution is -2.43. The van der Waals surface area contributed by atoms with Gasteiger partial charge in [-0.1, -0.05) is 30.3 Å². The van der Waals surface area contributed by atoms with Crippen LogP contribution >= 0.6 is 11.8 Å². The van der Waals surface area contributed by atoms with Crippen LogP contribution in [-0.4, -0.2) is 40.9 Å². The maximum atomic E-state index is 12.1. The zero-order valence-electron chi connectivity index (χ0n) is 12.7. The molecule has 2 fully saturated rings. The van der Waals surface area contributed by atoms with Crippen molar-refractivity contribution in [3.63, 3.8) is 0 Å². The predicted molar refractivity (Wildman–Crippen MR) is 88.6 cm³/mol. The first-order valence-corrected chi connectivity index (χ1v) is 9.07. The van der Waals surface area contributed by atoms with Crippen LogP contribution in [0.2, 0.25) is 0 Å². The molecule has 1 heterocycles. The minimum atomic E-state index is -0.0148. The van der Waals surface area contributed by atoms with E-state index in [2.05, 4.69) is 29.6 Å². The van der Waals surface area contributed by atoms with Crippen molar-refractivity contribution in [3.8, 4) is 0 Å². The van der Waals surface area contributed by atoms with Crippen LogP contribution < -0.4 is 5.32 Å². The highest BCUT2D eigenvalue weighted by Crippen LogP contribution is 2.32. The number of carbonyl (C=O) groups is 2. The molecular formula is C17H22N2O2S. The smallest absolute Gasteiger partial charge is 0.239 e. The van der Waals surface area contributed by atoms with Crippen LogP contribution in [0.3, 0.4) is 0 Å².